The second-order valence-corrected chi connectivity index (χ2v) is 6.65. The molecule has 1 unspecified atom stereocenters. The number of carbonyl (C=O) groups excluding carboxylic acids is 2. The van der Waals surface area contributed by atoms with Crippen LogP contribution in [0.1, 0.15) is 33.1 Å². The molecule has 0 aromatic heterocycles. The summed E-state index contributed by atoms with van der Waals surface area (Å²) in [5.41, 5.74) is 3.11. The van der Waals surface area contributed by atoms with Gasteiger partial charge in [0.15, 0.2) is 6.61 Å². The molecule has 0 aliphatic rings. The van der Waals surface area contributed by atoms with E-state index in [2.05, 4.69) is 5.32 Å². The van der Waals surface area contributed by atoms with E-state index in [1.165, 1.54) is 0 Å². The zero-order valence-corrected chi connectivity index (χ0v) is 16.0. The van der Waals surface area contributed by atoms with Crippen LogP contribution in [0.2, 0.25) is 0 Å². The number of aliphatic hydroxyl groups is 1. The molecule has 0 fully saturated rings. The Hall–Kier alpha value is -3.44. The molecule has 3 aromatic carbocycles. The molecule has 0 aliphatic heterocycles. The maximum atomic E-state index is 12.4. The van der Waals surface area contributed by atoms with Gasteiger partial charge in [0.05, 0.1) is 18.2 Å². The van der Waals surface area contributed by atoms with Gasteiger partial charge < -0.3 is 15.2 Å². The molecule has 1 amide bonds. The van der Waals surface area contributed by atoms with Gasteiger partial charge in [0.1, 0.15) is 0 Å². The number of amides is 1. The number of ether oxygens (including phenoxy) is 1. The molecule has 0 spiro atoms. The summed E-state index contributed by atoms with van der Waals surface area (Å²) in [4.78, 5) is 24.6. The van der Waals surface area contributed by atoms with Gasteiger partial charge in [-0.2, -0.15) is 0 Å². The SMILES string of the molecule is O=C(COC(=O)c1ccc(CO)cc1)NC(Cc1ccccc1)c1ccccc1. The smallest absolute Gasteiger partial charge is 0.338 e. The normalized spacial score (nSPS) is 11.5. The second kappa shape index (κ2) is 10.2. The predicted octanol–water partition coefficient (Wildman–Crippen LogP) is 3.44. The van der Waals surface area contributed by atoms with Gasteiger partial charge in [0.2, 0.25) is 0 Å². The van der Waals surface area contributed by atoms with Crippen LogP contribution in [-0.2, 0) is 22.6 Å². The number of carbonyl (C=O) groups is 2. The minimum Gasteiger partial charge on any atom is -0.452 e. The molecule has 29 heavy (non-hydrogen) atoms. The summed E-state index contributed by atoms with van der Waals surface area (Å²) in [5, 5.41) is 12.0. The number of hydrogen-bond acceptors (Lipinski definition) is 4. The molecule has 0 bridgehead atoms. The highest BCUT2D eigenvalue weighted by atomic mass is 16.5. The van der Waals surface area contributed by atoms with Crippen molar-refractivity contribution in [2.75, 3.05) is 6.61 Å². The lowest BCUT2D eigenvalue weighted by molar-refractivity contribution is -0.125. The van der Waals surface area contributed by atoms with Crippen LogP contribution in [0.3, 0.4) is 0 Å². The Morgan fingerprint density at radius 1 is 0.828 bits per heavy atom. The number of nitrogens with one attached hydrogen (secondary N) is 1. The molecular weight excluding hydrogens is 366 g/mol. The lowest BCUT2D eigenvalue weighted by Gasteiger charge is -2.19. The number of benzene rings is 3. The second-order valence-electron chi connectivity index (χ2n) is 6.65. The Labute approximate surface area is 170 Å². The Morgan fingerprint density at radius 3 is 2.07 bits per heavy atom. The zero-order chi connectivity index (χ0) is 20.5. The van der Waals surface area contributed by atoms with Crippen LogP contribution in [0, 0.1) is 0 Å². The van der Waals surface area contributed by atoms with Crippen molar-refractivity contribution in [2.24, 2.45) is 0 Å². The topological polar surface area (TPSA) is 75.6 Å². The maximum Gasteiger partial charge on any atom is 0.338 e. The van der Waals surface area contributed by atoms with Crippen molar-refractivity contribution < 1.29 is 19.4 Å². The first-order valence-electron chi connectivity index (χ1n) is 9.41. The monoisotopic (exact) mass is 389 g/mol. The van der Waals surface area contributed by atoms with Crippen molar-refractivity contribution in [1.29, 1.82) is 0 Å². The van der Waals surface area contributed by atoms with Crippen LogP contribution in [-0.4, -0.2) is 23.6 Å². The van der Waals surface area contributed by atoms with Gasteiger partial charge >= 0.3 is 5.97 Å². The molecule has 5 heteroatoms. The third-order valence-electron chi connectivity index (χ3n) is 4.53. The van der Waals surface area contributed by atoms with Gasteiger partial charge in [-0.1, -0.05) is 72.8 Å². The average Bonchev–Trinajstić information content (AvgIpc) is 2.78. The summed E-state index contributed by atoms with van der Waals surface area (Å²) in [7, 11) is 0. The molecule has 0 saturated heterocycles. The van der Waals surface area contributed by atoms with Crippen molar-refractivity contribution in [3.05, 3.63) is 107 Å². The van der Waals surface area contributed by atoms with Gasteiger partial charge in [-0.15, -0.1) is 0 Å². The van der Waals surface area contributed by atoms with E-state index in [-0.39, 0.29) is 25.2 Å². The largest absolute Gasteiger partial charge is 0.452 e. The van der Waals surface area contributed by atoms with Crippen LogP contribution in [0.5, 0.6) is 0 Å². The summed E-state index contributed by atoms with van der Waals surface area (Å²) < 4.78 is 5.14. The highest BCUT2D eigenvalue weighted by Gasteiger charge is 2.17. The molecule has 0 aliphatic carbocycles. The Morgan fingerprint density at radius 2 is 1.45 bits per heavy atom. The lowest BCUT2D eigenvalue weighted by atomic mass is 9.99. The number of aliphatic hydroxyl groups excluding tert-OH is 1. The van der Waals surface area contributed by atoms with Gasteiger partial charge in [-0.25, -0.2) is 4.79 Å². The van der Waals surface area contributed by atoms with Crippen LogP contribution in [0.4, 0.5) is 0 Å². The predicted molar refractivity (Wildman–Crippen MR) is 110 cm³/mol. The first-order chi connectivity index (χ1) is 14.2. The van der Waals surface area contributed by atoms with Gasteiger partial charge in [0.25, 0.3) is 5.91 Å². The third kappa shape index (κ3) is 6.02. The summed E-state index contributed by atoms with van der Waals surface area (Å²) in [6.07, 6.45) is 0.632. The van der Waals surface area contributed by atoms with Gasteiger partial charge in [-0.3, -0.25) is 4.79 Å². The van der Waals surface area contributed by atoms with E-state index in [1.807, 2.05) is 60.7 Å². The average molecular weight is 389 g/mol. The van der Waals surface area contributed by atoms with Crippen molar-refractivity contribution in [3.63, 3.8) is 0 Å². The maximum absolute atomic E-state index is 12.4. The van der Waals surface area contributed by atoms with Crippen LogP contribution in [0.25, 0.3) is 0 Å². The van der Waals surface area contributed by atoms with Crippen molar-refractivity contribution in [2.45, 2.75) is 19.1 Å². The fraction of sp³-hybridized carbons (Fsp3) is 0.167. The third-order valence-corrected chi connectivity index (χ3v) is 4.53. The minimum atomic E-state index is -0.580. The quantitative estimate of drug-likeness (QED) is 0.579. The minimum absolute atomic E-state index is 0.0972. The molecule has 3 aromatic rings. The summed E-state index contributed by atoms with van der Waals surface area (Å²) in [6, 6.07) is 25.8. The Bertz CT molecular complexity index is 924. The van der Waals surface area contributed by atoms with E-state index in [9.17, 15) is 9.59 Å². The molecule has 2 N–H and O–H groups in total. The van der Waals surface area contributed by atoms with E-state index in [0.29, 0.717) is 17.5 Å². The molecule has 1 atom stereocenters. The molecule has 3 rings (SSSR count). The van der Waals surface area contributed by atoms with Crippen molar-refractivity contribution >= 4 is 11.9 Å². The number of esters is 1. The first kappa shape index (κ1) is 20.3. The summed E-state index contributed by atoms with van der Waals surface area (Å²) in [5.74, 6) is -0.945. The number of hydrogen-bond donors (Lipinski definition) is 2. The molecule has 0 heterocycles. The molecular formula is C24H23NO4. The van der Waals surface area contributed by atoms with Crippen molar-refractivity contribution in [3.8, 4) is 0 Å². The highest BCUT2D eigenvalue weighted by Crippen LogP contribution is 2.18. The Balaban J connectivity index is 1.61. The highest BCUT2D eigenvalue weighted by molar-refractivity contribution is 5.91. The van der Waals surface area contributed by atoms with E-state index in [4.69, 9.17) is 9.84 Å². The molecule has 0 saturated carbocycles. The summed E-state index contributed by atoms with van der Waals surface area (Å²) in [6.45, 7) is -0.460. The molecule has 5 nitrogen and oxygen atoms in total. The molecule has 0 radical (unpaired) electrons. The van der Waals surface area contributed by atoms with Crippen LogP contribution >= 0.6 is 0 Å². The van der Waals surface area contributed by atoms with E-state index in [0.717, 1.165) is 11.1 Å². The number of rotatable bonds is 8. The molecule has 148 valence electrons. The summed E-state index contributed by atoms with van der Waals surface area (Å²) >= 11 is 0. The van der Waals surface area contributed by atoms with E-state index < -0.39 is 5.97 Å². The van der Waals surface area contributed by atoms with Gasteiger partial charge in [0, 0.05) is 0 Å². The van der Waals surface area contributed by atoms with Gasteiger partial charge in [-0.05, 0) is 35.2 Å². The van der Waals surface area contributed by atoms with Crippen LogP contribution < -0.4 is 5.32 Å². The zero-order valence-electron chi connectivity index (χ0n) is 16.0. The Kier molecular flexibility index (Phi) is 7.14. The fourth-order valence-electron chi connectivity index (χ4n) is 2.98. The van der Waals surface area contributed by atoms with E-state index in [1.54, 1.807) is 24.3 Å². The van der Waals surface area contributed by atoms with Crippen LogP contribution in [0.15, 0.2) is 84.9 Å². The lowest BCUT2D eigenvalue weighted by Crippen LogP contribution is -2.33. The standard InChI is InChI=1S/C24H23NO4/c26-16-19-11-13-21(14-12-19)24(28)29-17-23(27)25-22(20-9-5-2-6-10-20)15-18-7-3-1-4-8-18/h1-14,22,26H,15-17H2,(H,25,27). The van der Waals surface area contributed by atoms with E-state index >= 15 is 0 Å². The first-order valence-corrected chi connectivity index (χ1v) is 9.41. The van der Waals surface area contributed by atoms with Crippen molar-refractivity contribution in [1.82, 2.24) is 5.32 Å². The fourth-order valence-corrected chi connectivity index (χ4v) is 2.98.